The minimum Gasteiger partial charge on any atom is -0.378 e. The lowest BCUT2D eigenvalue weighted by atomic mass is 9.89. The molecule has 1 atom stereocenters. The Hall–Kier alpha value is -1.83. The third kappa shape index (κ3) is 2.94. The summed E-state index contributed by atoms with van der Waals surface area (Å²) in [6, 6.07) is 12.2. The van der Waals surface area contributed by atoms with Crippen molar-refractivity contribution in [3.63, 3.8) is 0 Å². The quantitative estimate of drug-likeness (QED) is 0.817. The summed E-state index contributed by atoms with van der Waals surface area (Å²) in [6.07, 6.45) is 5.00. The van der Waals surface area contributed by atoms with E-state index in [0.29, 0.717) is 5.56 Å². The van der Waals surface area contributed by atoms with Crippen LogP contribution >= 0.6 is 0 Å². The van der Waals surface area contributed by atoms with Gasteiger partial charge in [0.2, 0.25) is 0 Å². The zero-order chi connectivity index (χ0) is 14.8. The smallest absolute Gasteiger partial charge is 0.128 e. The second-order valence-corrected chi connectivity index (χ2v) is 6.01. The van der Waals surface area contributed by atoms with Gasteiger partial charge in [-0.1, -0.05) is 24.3 Å². The van der Waals surface area contributed by atoms with Gasteiger partial charge in [0.1, 0.15) is 5.82 Å². The standard InChI is InChI=1S/C19H22FN/c1-13-18(20)8-5-9-19(13)21-14(2)16-11-10-15-6-3-4-7-17(15)12-16/h5,8-12,14,21H,3-4,6-7H2,1-2H3. The van der Waals surface area contributed by atoms with Gasteiger partial charge in [-0.2, -0.15) is 0 Å². The first-order valence-electron chi connectivity index (χ1n) is 7.78. The summed E-state index contributed by atoms with van der Waals surface area (Å²) in [5, 5.41) is 3.43. The third-order valence-corrected chi connectivity index (χ3v) is 4.51. The van der Waals surface area contributed by atoms with Crippen molar-refractivity contribution in [3.8, 4) is 0 Å². The summed E-state index contributed by atoms with van der Waals surface area (Å²) in [7, 11) is 0. The van der Waals surface area contributed by atoms with Gasteiger partial charge in [0, 0.05) is 17.3 Å². The van der Waals surface area contributed by atoms with E-state index in [1.54, 1.807) is 6.07 Å². The molecule has 0 spiro atoms. The predicted molar refractivity (Wildman–Crippen MR) is 86.3 cm³/mol. The predicted octanol–water partition coefficient (Wildman–Crippen LogP) is 5.19. The number of hydrogen-bond acceptors (Lipinski definition) is 1. The number of anilines is 1. The summed E-state index contributed by atoms with van der Waals surface area (Å²) in [6.45, 7) is 3.95. The Kier molecular flexibility index (Phi) is 3.96. The van der Waals surface area contributed by atoms with E-state index in [9.17, 15) is 4.39 Å². The molecule has 0 amide bonds. The number of nitrogens with one attached hydrogen (secondary N) is 1. The van der Waals surface area contributed by atoms with E-state index < -0.39 is 0 Å². The molecule has 0 saturated carbocycles. The molecule has 0 aromatic heterocycles. The first-order valence-corrected chi connectivity index (χ1v) is 7.78. The molecule has 1 N–H and O–H groups in total. The largest absolute Gasteiger partial charge is 0.378 e. The SMILES string of the molecule is Cc1c(F)cccc1NC(C)c1ccc2c(c1)CCCC2. The zero-order valence-corrected chi connectivity index (χ0v) is 12.7. The fourth-order valence-electron chi connectivity index (χ4n) is 3.10. The van der Waals surface area contributed by atoms with Crippen LogP contribution in [0.15, 0.2) is 36.4 Å². The van der Waals surface area contributed by atoms with Crippen molar-refractivity contribution in [1.29, 1.82) is 0 Å². The van der Waals surface area contributed by atoms with Crippen LogP contribution < -0.4 is 5.32 Å². The van der Waals surface area contributed by atoms with Crippen molar-refractivity contribution in [3.05, 3.63) is 64.5 Å². The molecule has 1 nitrogen and oxygen atoms in total. The number of benzene rings is 2. The van der Waals surface area contributed by atoms with Gasteiger partial charge in [0.05, 0.1) is 0 Å². The molecule has 110 valence electrons. The molecule has 0 aliphatic heterocycles. The van der Waals surface area contributed by atoms with Gasteiger partial charge in [-0.15, -0.1) is 0 Å². The molecule has 3 rings (SSSR count). The lowest BCUT2D eigenvalue weighted by Gasteiger charge is -2.21. The monoisotopic (exact) mass is 283 g/mol. The highest BCUT2D eigenvalue weighted by molar-refractivity contribution is 5.52. The van der Waals surface area contributed by atoms with Crippen molar-refractivity contribution >= 4 is 5.69 Å². The highest BCUT2D eigenvalue weighted by Gasteiger charge is 2.13. The number of rotatable bonds is 3. The highest BCUT2D eigenvalue weighted by atomic mass is 19.1. The van der Waals surface area contributed by atoms with Crippen LogP contribution in [0.1, 0.15) is 48.1 Å². The van der Waals surface area contributed by atoms with Gasteiger partial charge in [-0.05, 0) is 68.4 Å². The van der Waals surface area contributed by atoms with Crippen molar-refractivity contribution in [2.45, 2.75) is 45.6 Å². The first-order chi connectivity index (χ1) is 10.1. The fourth-order valence-corrected chi connectivity index (χ4v) is 3.10. The van der Waals surface area contributed by atoms with Crippen LogP contribution in [0.4, 0.5) is 10.1 Å². The second kappa shape index (κ2) is 5.88. The van der Waals surface area contributed by atoms with Crippen molar-refractivity contribution in [1.82, 2.24) is 0 Å². The van der Waals surface area contributed by atoms with Crippen LogP contribution in [0.25, 0.3) is 0 Å². The molecular formula is C19H22FN. The Labute approximate surface area is 126 Å². The van der Waals surface area contributed by atoms with Gasteiger partial charge < -0.3 is 5.32 Å². The number of halogens is 1. The van der Waals surface area contributed by atoms with E-state index >= 15 is 0 Å². The summed E-state index contributed by atoms with van der Waals surface area (Å²) < 4.78 is 13.6. The molecule has 1 aliphatic rings. The normalized spacial score (nSPS) is 15.4. The molecule has 0 heterocycles. The Morgan fingerprint density at radius 1 is 1.05 bits per heavy atom. The van der Waals surface area contributed by atoms with Gasteiger partial charge in [0.25, 0.3) is 0 Å². The van der Waals surface area contributed by atoms with Crippen molar-refractivity contribution in [2.24, 2.45) is 0 Å². The lowest BCUT2D eigenvalue weighted by Crippen LogP contribution is -2.10. The summed E-state index contributed by atoms with van der Waals surface area (Å²) >= 11 is 0. The summed E-state index contributed by atoms with van der Waals surface area (Å²) in [5.41, 5.74) is 5.82. The molecule has 2 heteroatoms. The van der Waals surface area contributed by atoms with E-state index in [1.165, 1.54) is 48.4 Å². The van der Waals surface area contributed by atoms with Crippen LogP contribution in [0.2, 0.25) is 0 Å². The number of aryl methyl sites for hydroxylation is 2. The van der Waals surface area contributed by atoms with Crippen molar-refractivity contribution < 1.29 is 4.39 Å². The average Bonchev–Trinajstić information content (AvgIpc) is 2.51. The maximum Gasteiger partial charge on any atom is 0.128 e. The van der Waals surface area contributed by atoms with E-state index in [0.717, 1.165) is 5.69 Å². The summed E-state index contributed by atoms with van der Waals surface area (Å²) in [5.74, 6) is -0.155. The minimum atomic E-state index is -0.155. The van der Waals surface area contributed by atoms with Gasteiger partial charge in [0.15, 0.2) is 0 Å². The van der Waals surface area contributed by atoms with E-state index in [1.807, 2.05) is 13.0 Å². The lowest BCUT2D eigenvalue weighted by molar-refractivity contribution is 0.618. The van der Waals surface area contributed by atoms with Gasteiger partial charge in [-0.25, -0.2) is 4.39 Å². The molecule has 0 radical (unpaired) electrons. The molecule has 0 bridgehead atoms. The van der Waals surface area contributed by atoms with Crippen LogP contribution in [-0.4, -0.2) is 0 Å². The third-order valence-electron chi connectivity index (χ3n) is 4.51. The molecule has 0 saturated heterocycles. The number of fused-ring (bicyclic) bond motifs is 1. The molecule has 1 unspecified atom stereocenters. The Balaban J connectivity index is 1.82. The Morgan fingerprint density at radius 3 is 2.62 bits per heavy atom. The van der Waals surface area contributed by atoms with Crippen LogP contribution in [0, 0.1) is 12.7 Å². The average molecular weight is 283 g/mol. The maximum absolute atomic E-state index is 13.6. The molecule has 2 aromatic rings. The zero-order valence-electron chi connectivity index (χ0n) is 12.7. The van der Waals surface area contributed by atoms with Crippen LogP contribution in [0.3, 0.4) is 0 Å². The molecule has 21 heavy (non-hydrogen) atoms. The molecule has 2 aromatic carbocycles. The molecule has 0 fully saturated rings. The van der Waals surface area contributed by atoms with Gasteiger partial charge in [-0.3, -0.25) is 0 Å². The van der Waals surface area contributed by atoms with E-state index in [2.05, 4.69) is 30.4 Å². The van der Waals surface area contributed by atoms with E-state index in [-0.39, 0.29) is 11.9 Å². The van der Waals surface area contributed by atoms with E-state index in [4.69, 9.17) is 0 Å². The Bertz CT molecular complexity index is 648. The highest BCUT2D eigenvalue weighted by Crippen LogP contribution is 2.27. The molecular weight excluding hydrogens is 261 g/mol. The topological polar surface area (TPSA) is 12.0 Å². The minimum absolute atomic E-state index is 0.155. The van der Waals surface area contributed by atoms with Gasteiger partial charge >= 0.3 is 0 Å². The maximum atomic E-state index is 13.6. The second-order valence-electron chi connectivity index (χ2n) is 6.01. The first kappa shape index (κ1) is 14.1. The summed E-state index contributed by atoms with van der Waals surface area (Å²) in [4.78, 5) is 0. The Morgan fingerprint density at radius 2 is 1.81 bits per heavy atom. The van der Waals surface area contributed by atoms with Crippen LogP contribution in [-0.2, 0) is 12.8 Å². The number of hydrogen-bond donors (Lipinski definition) is 1. The van der Waals surface area contributed by atoms with Crippen LogP contribution in [0.5, 0.6) is 0 Å². The fraction of sp³-hybridized carbons (Fsp3) is 0.368. The molecule has 1 aliphatic carbocycles. The van der Waals surface area contributed by atoms with Crippen molar-refractivity contribution in [2.75, 3.05) is 5.32 Å².